The molecule has 0 bridgehead atoms. The van der Waals surface area contributed by atoms with Gasteiger partial charge in [-0.2, -0.15) is 0 Å². The zero-order chi connectivity index (χ0) is 44.9. The second-order valence-electron chi connectivity index (χ2n) is 16.7. The summed E-state index contributed by atoms with van der Waals surface area (Å²) in [5, 5.41) is 0. The van der Waals surface area contributed by atoms with Crippen molar-refractivity contribution >= 4 is 126 Å². The van der Waals surface area contributed by atoms with E-state index in [4.69, 9.17) is 0 Å². The molecule has 0 spiro atoms. The zero-order valence-corrected chi connectivity index (χ0v) is 45.3. The molecule has 0 radical (unpaired) electrons. The molecule has 0 aliphatic rings. The maximum absolute atomic E-state index is 4.28. The van der Waals surface area contributed by atoms with Crippen LogP contribution in [0, 0.1) is 0 Å². The Hall–Kier alpha value is -4.57. The van der Waals surface area contributed by atoms with Crippen molar-refractivity contribution in [1.82, 2.24) is 0 Å². The van der Waals surface area contributed by atoms with Gasteiger partial charge in [-0.25, -0.2) is 0 Å². The van der Waals surface area contributed by atoms with E-state index < -0.39 is 60.6 Å². The molecule has 0 heterocycles. The molecule has 7 aromatic rings. The van der Waals surface area contributed by atoms with E-state index in [0.29, 0.717) is 0 Å². The van der Waals surface area contributed by atoms with Crippen LogP contribution < -0.4 is 31.6 Å². The van der Waals surface area contributed by atoms with Gasteiger partial charge in [0.1, 0.15) is 0 Å². The number of hydrogen-bond acceptors (Lipinski definition) is 0. The average Bonchev–Trinajstić information content (AvgIpc) is 3.28. The third-order valence-electron chi connectivity index (χ3n) is 11.4. The van der Waals surface area contributed by atoms with E-state index in [1.807, 2.05) is 0 Å². The molecule has 0 saturated carbocycles. The molecule has 7 aromatic carbocycles. The summed E-state index contributed by atoms with van der Waals surface area (Å²) in [5.41, 5.74) is 13.6. The molecule has 0 unspecified atom stereocenters. The first-order chi connectivity index (χ1) is 30.2. The van der Waals surface area contributed by atoms with Crippen molar-refractivity contribution in [2.45, 2.75) is 41.5 Å². The molecule has 0 N–H and O–H groups in total. The summed E-state index contributed by atoms with van der Waals surface area (Å²) in [7, 11) is 0. The normalized spacial score (nSPS) is 11.2. The second kappa shape index (κ2) is 20.5. The van der Waals surface area contributed by atoms with Gasteiger partial charge in [-0.05, 0) is 0 Å². The van der Waals surface area contributed by atoms with Crippen LogP contribution in [0.1, 0.15) is 74.9 Å². The van der Waals surface area contributed by atoms with E-state index in [0.717, 1.165) is 33.4 Å². The minimum absolute atomic E-state index is 1.08. The zero-order valence-electron chi connectivity index (χ0n) is 37.7. The Labute approximate surface area is 399 Å². The van der Waals surface area contributed by atoms with Crippen LogP contribution in [0.15, 0.2) is 203 Å². The molecular formula is C60H57Sb3. The summed E-state index contributed by atoms with van der Waals surface area (Å²) >= 11 is -8.15. The molecule has 0 saturated heterocycles. The Bertz CT molecular complexity index is 2340. The number of benzene rings is 7. The van der Waals surface area contributed by atoms with Gasteiger partial charge < -0.3 is 0 Å². The summed E-state index contributed by atoms with van der Waals surface area (Å²) in [6.07, 6.45) is 0. The van der Waals surface area contributed by atoms with Crippen molar-refractivity contribution in [1.29, 1.82) is 0 Å². The van der Waals surface area contributed by atoms with E-state index in [9.17, 15) is 0 Å². The molecule has 0 amide bonds. The molecule has 63 heavy (non-hydrogen) atoms. The summed E-state index contributed by atoms with van der Waals surface area (Å²) in [6, 6.07) is 64.0. The Morgan fingerprint density at radius 2 is 0.349 bits per heavy atom. The van der Waals surface area contributed by atoms with Crippen LogP contribution in [0.3, 0.4) is 0 Å². The topological polar surface area (TPSA) is 0 Å². The quantitative estimate of drug-likeness (QED) is 0.0899. The van der Waals surface area contributed by atoms with E-state index >= 15 is 0 Å². The monoisotopic (exact) mass is 1140 g/mol. The second-order valence-corrected chi connectivity index (χ2v) is 35.7. The molecule has 0 aromatic heterocycles. The van der Waals surface area contributed by atoms with Crippen molar-refractivity contribution < 1.29 is 0 Å². The predicted octanol–water partition coefficient (Wildman–Crippen LogP) is 9.43. The summed E-state index contributed by atoms with van der Waals surface area (Å²) in [4.78, 5) is 0. The van der Waals surface area contributed by atoms with Gasteiger partial charge in [0, 0.05) is 0 Å². The van der Waals surface area contributed by atoms with Crippen molar-refractivity contribution in [3.8, 4) is 0 Å². The van der Waals surface area contributed by atoms with Gasteiger partial charge in [0.15, 0.2) is 0 Å². The van der Waals surface area contributed by atoms with E-state index in [1.165, 1.54) is 65.0 Å². The van der Waals surface area contributed by atoms with Gasteiger partial charge in [-0.1, -0.05) is 0 Å². The number of hydrogen-bond donors (Lipinski definition) is 0. The molecule has 0 fully saturated rings. The number of allylic oxidation sites excluding steroid dienone is 6. The van der Waals surface area contributed by atoms with Crippen LogP contribution >= 0.6 is 0 Å². The Kier molecular flexibility index (Phi) is 15.1. The first-order valence-corrected chi connectivity index (χ1v) is 32.8. The SMILES string of the molecule is C=C(C)c1cc[c]([Sb]([c]2ccc(C(=C)C)cc2)[c]2c[c]([Sb]([c]3ccc(C(=C)C)cc3)[c]3ccc(C(=C)C)cc3)c[c]([Sb]([c]3ccc(C(=C)C)cc3)[c]3ccc(C(=C)C)cc3)c2)cc1. The fraction of sp³-hybridized carbons (Fsp3) is 0.100. The summed E-state index contributed by atoms with van der Waals surface area (Å²) in [5.74, 6) is 0. The first kappa shape index (κ1) is 46.4. The van der Waals surface area contributed by atoms with E-state index in [-0.39, 0.29) is 0 Å². The van der Waals surface area contributed by atoms with Gasteiger partial charge in [0.05, 0.1) is 0 Å². The minimum atomic E-state index is -2.72. The molecule has 0 atom stereocenters. The molecule has 0 nitrogen and oxygen atoms in total. The first-order valence-electron chi connectivity index (χ1n) is 21.3. The number of rotatable bonds is 15. The van der Waals surface area contributed by atoms with Gasteiger partial charge in [-0.3, -0.25) is 0 Å². The van der Waals surface area contributed by atoms with Crippen LogP contribution in [0.5, 0.6) is 0 Å². The van der Waals surface area contributed by atoms with E-state index in [1.54, 1.807) is 0 Å². The fourth-order valence-electron chi connectivity index (χ4n) is 7.68. The maximum atomic E-state index is 4.28. The van der Waals surface area contributed by atoms with Crippen LogP contribution in [0.25, 0.3) is 33.4 Å². The summed E-state index contributed by atoms with van der Waals surface area (Å²) < 4.78 is 13.1. The molecule has 7 rings (SSSR count). The van der Waals surface area contributed by atoms with Gasteiger partial charge in [0.2, 0.25) is 0 Å². The van der Waals surface area contributed by atoms with Crippen LogP contribution in [-0.4, -0.2) is 60.6 Å². The molecule has 312 valence electrons. The van der Waals surface area contributed by atoms with Crippen LogP contribution in [0.4, 0.5) is 0 Å². The van der Waals surface area contributed by atoms with Crippen LogP contribution in [-0.2, 0) is 0 Å². The molecule has 0 aliphatic carbocycles. The third kappa shape index (κ3) is 10.9. The predicted molar refractivity (Wildman–Crippen MR) is 287 cm³/mol. The van der Waals surface area contributed by atoms with Crippen LogP contribution in [0.2, 0.25) is 0 Å². The Morgan fingerprint density at radius 1 is 0.222 bits per heavy atom. The summed E-state index contributed by atoms with van der Waals surface area (Å²) in [6.45, 7) is 38.2. The fourth-order valence-corrected chi connectivity index (χ4v) is 30.3. The Balaban J connectivity index is 1.56. The van der Waals surface area contributed by atoms with Crippen molar-refractivity contribution in [3.63, 3.8) is 0 Å². The third-order valence-corrected chi connectivity index (χ3v) is 32.0. The Morgan fingerprint density at radius 3 is 0.460 bits per heavy atom. The van der Waals surface area contributed by atoms with E-state index in [2.05, 4.69) is 245 Å². The van der Waals surface area contributed by atoms with Crippen molar-refractivity contribution in [3.05, 3.63) is 237 Å². The van der Waals surface area contributed by atoms with Gasteiger partial charge in [-0.15, -0.1) is 0 Å². The van der Waals surface area contributed by atoms with Crippen molar-refractivity contribution in [2.75, 3.05) is 0 Å². The average molecular weight is 1140 g/mol. The standard InChI is InChI=1S/6C9H9.C6H3.3Sb/c6*1-8(2)9-6-4-3-5-7-9;1-2-4-6-5-3-1;;;/h6*4-7H,1H2,2H3;1,4-5H;;;. The van der Waals surface area contributed by atoms with Gasteiger partial charge >= 0.3 is 404 Å². The van der Waals surface area contributed by atoms with Crippen molar-refractivity contribution in [2.24, 2.45) is 0 Å². The van der Waals surface area contributed by atoms with Gasteiger partial charge in [0.25, 0.3) is 0 Å². The molecule has 3 heteroatoms. The molecular weight excluding hydrogens is 1090 g/mol. The molecule has 0 aliphatic heterocycles.